The van der Waals surface area contributed by atoms with Gasteiger partial charge in [0.25, 0.3) is 0 Å². The molecule has 1 aliphatic heterocycles. The Morgan fingerprint density at radius 3 is 2.62 bits per heavy atom. The van der Waals surface area contributed by atoms with Gasteiger partial charge in [-0.25, -0.2) is 0 Å². The SMILES string of the molecule is CC1CN(CC(=O)NCCc2ccccc2)CC1C(=O)O. The molecule has 1 saturated heterocycles. The molecule has 2 atom stereocenters. The quantitative estimate of drug-likeness (QED) is 0.820. The standard InChI is InChI=1S/C16H22N2O3/c1-12-9-18(10-14(12)16(20)21)11-15(19)17-8-7-13-5-3-2-4-6-13/h2-6,12,14H,7-11H2,1H3,(H,17,19)(H,20,21). The average Bonchev–Trinajstić information content (AvgIpc) is 2.81. The van der Waals surface area contributed by atoms with Gasteiger partial charge in [0.15, 0.2) is 0 Å². The summed E-state index contributed by atoms with van der Waals surface area (Å²) in [6, 6.07) is 10.00. The van der Waals surface area contributed by atoms with E-state index in [9.17, 15) is 9.59 Å². The van der Waals surface area contributed by atoms with Crippen molar-refractivity contribution < 1.29 is 14.7 Å². The Morgan fingerprint density at radius 1 is 1.29 bits per heavy atom. The molecule has 21 heavy (non-hydrogen) atoms. The van der Waals surface area contributed by atoms with Crippen molar-refractivity contribution in [1.82, 2.24) is 10.2 Å². The first-order valence-corrected chi connectivity index (χ1v) is 7.32. The minimum atomic E-state index is -0.769. The molecular weight excluding hydrogens is 268 g/mol. The van der Waals surface area contributed by atoms with Crippen LogP contribution in [-0.4, -0.2) is 48.1 Å². The first-order valence-electron chi connectivity index (χ1n) is 7.32. The first-order chi connectivity index (χ1) is 10.1. The number of carbonyl (C=O) groups excluding carboxylic acids is 1. The summed E-state index contributed by atoms with van der Waals surface area (Å²) >= 11 is 0. The molecule has 1 aliphatic rings. The van der Waals surface area contributed by atoms with Crippen LogP contribution in [0.4, 0.5) is 0 Å². The summed E-state index contributed by atoms with van der Waals surface area (Å²) in [4.78, 5) is 24.8. The van der Waals surface area contributed by atoms with Crippen molar-refractivity contribution in [3.8, 4) is 0 Å². The third-order valence-electron chi connectivity index (χ3n) is 3.95. The molecule has 0 bridgehead atoms. The van der Waals surface area contributed by atoms with Crippen molar-refractivity contribution in [2.75, 3.05) is 26.2 Å². The summed E-state index contributed by atoms with van der Waals surface area (Å²) in [5.41, 5.74) is 1.19. The Kier molecular flexibility index (Phi) is 5.33. The Labute approximate surface area is 125 Å². The van der Waals surface area contributed by atoms with Gasteiger partial charge in [0.05, 0.1) is 12.5 Å². The summed E-state index contributed by atoms with van der Waals surface area (Å²) in [6.45, 7) is 3.94. The highest BCUT2D eigenvalue weighted by Crippen LogP contribution is 2.22. The van der Waals surface area contributed by atoms with Crippen molar-refractivity contribution >= 4 is 11.9 Å². The van der Waals surface area contributed by atoms with E-state index in [0.717, 1.165) is 6.42 Å². The van der Waals surface area contributed by atoms with Crippen LogP contribution in [-0.2, 0) is 16.0 Å². The number of nitrogens with one attached hydrogen (secondary N) is 1. The molecule has 114 valence electrons. The van der Waals surface area contributed by atoms with E-state index >= 15 is 0 Å². The number of hydrogen-bond donors (Lipinski definition) is 2. The van der Waals surface area contributed by atoms with Crippen molar-refractivity contribution in [1.29, 1.82) is 0 Å². The first kappa shape index (κ1) is 15.5. The Bertz CT molecular complexity index is 490. The zero-order chi connectivity index (χ0) is 15.2. The summed E-state index contributed by atoms with van der Waals surface area (Å²) in [5.74, 6) is -1.07. The molecule has 0 spiro atoms. The summed E-state index contributed by atoms with van der Waals surface area (Å²) < 4.78 is 0. The van der Waals surface area contributed by atoms with Crippen LogP contribution in [0, 0.1) is 11.8 Å². The maximum atomic E-state index is 11.9. The van der Waals surface area contributed by atoms with Crippen LogP contribution in [0.5, 0.6) is 0 Å². The zero-order valence-corrected chi connectivity index (χ0v) is 12.3. The van der Waals surface area contributed by atoms with Gasteiger partial charge in [-0.15, -0.1) is 0 Å². The lowest BCUT2D eigenvalue weighted by atomic mass is 9.99. The molecule has 1 aromatic rings. The third kappa shape index (κ3) is 4.56. The predicted molar refractivity (Wildman–Crippen MR) is 79.9 cm³/mol. The normalized spacial score (nSPS) is 22.1. The second-order valence-electron chi connectivity index (χ2n) is 5.70. The van der Waals surface area contributed by atoms with Crippen LogP contribution >= 0.6 is 0 Å². The van der Waals surface area contributed by atoms with Gasteiger partial charge in [-0.1, -0.05) is 37.3 Å². The topological polar surface area (TPSA) is 69.6 Å². The fourth-order valence-corrected chi connectivity index (χ4v) is 2.77. The number of hydrogen-bond acceptors (Lipinski definition) is 3. The molecule has 5 heteroatoms. The smallest absolute Gasteiger partial charge is 0.308 e. The highest BCUT2D eigenvalue weighted by Gasteiger charge is 2.35. The minimum Gasteiger partial charge on any atom is -0.481 e. The van der Waals surface area contributed by atoms with Crippen LogP contribution in [0.25, 0.3) is 0 Å². The highest BCUT2D eigenvalue weighted by atomic mass is 16.4. The lowest BCUT2D eigenvalue weighted by Crippen LogP contribution is -2.37. The molecule has 0 saturated carbocycles. The number of likely N-dealkylation sites (tertiary alicyclic amines) is 1. The molecule has 1 aromatic carbocycles. The predicted octanol–water partition coefficient (Wildman–Crippen LogP) is 0.998. The minimum absolute atomic E-state index is 0.0378. The van der Waals surface area contributed by atoms with Gasteiger partial charge in [0, 0.05) is 19.6 Å². The second-order valence-corrected chi connectivity index (χ2v) is 5.70. The van der Waals surface area contributed by atoms with Crippen molar-refractivity contribution in [3.05, 3.63) is 35.9 Å². The molecule has 0 aromatic heterocycles. The molecule has 0 radical (unpaired) electrons. The van der Waals surface area contributed by atoms with E-state index in [4.69, 9.17) is 5.11 Å². The molecule has 2 unspecified atom stereocenters. The zero-order valence-electron chi connectivity index (χ0n) is 12.3. The summed E-state index contributed by atoms with van der Waals surface area (Å²) in [5, 5.41) is 12.0. The van der Waals surface area contributed by atoms with E-state index in [1.165, 1.54) is 5.56 Å². The third-order valence-corrected chi connectivity index (χ3v) is 3.95. The van der Waals surface area contributed by atoms with Gasteiger partial charge in [0.2, 0.25) is 5.91 Å². The number of amides is 1. The van der Waals surface area contributed by atoms with Gasteiger partial charge in [-0.05, 0) is 17.9 Å². The maximum Gasteiger partial charge on any atom is 0.308 e. The monoisotopic (exact) mass is 290 g/mol. The molecule has 2 rings (SSSR count). The van der Waals surface area contributed by atoms with Gasteiger partial charge < -0.3 is 10.4 Å². The molecular formula is C16H22N2O3. The number of aliphatic carboxylic acids is 1. The van der Waals surface area contributed by atoms with Crippen LogP contribution < -0.4 is 5.32 Å². The number of rotatable bonds is 6. The number of nitrogens with zero attached hydrogens (tertiary/aromatic N) is 1. The Hall–Kier alpha value is -1.88. The van der Waals surface area contributed by atoms with Crippen molar-refractivity contribution in [2.24, 2.45) is 11.8 Å². The Morgan fingerprint density at radius 2 is 2.00 bits per heavy atom. The number of carboxylic acid groups (broad SMARTS) is 1. The number of carboxylic acids is 1. The fraction of sp³-hybridized carbons (Fsp3) is 0.500. The second kappa shape index (κ2) is 7.22. The van der Waals surface area contributed by atoms with Crippen molar-refractivity contribution in [2.45, 2.75) is 13.3 Å². The van der Waals surface area contributed by atoms with Gasteiger partial charge >= 0.3 is 5.97 Å². The van der Waals surface area contributed by atoms with E-state index in [-0.39, 0.29) is 24.3 Å². The van der Waals surface area contributed by atoms with Crippen LogP contribution in [0.15, 0.2) is 30.3 Å². The molecule has 0 aliphatic carbocycles. The van der Waals surface area contributed by atoms with E-state index in [0.29, 0.717) is 19.6 Å². The summed E-state index contributed by atoms with van der Waals surface area (Å²) in [7, 11) is 0. The molecule has 1 fully saturated rings. The van der Waals surface area contributed by atoms with E-state index in [1.54, 1.807) is 0 Å². The van der Waals surface area contributed by atoms with Crippen LogP contribution in [0.3, 0.4) is 0 Å². The summed E-state index contributed by atoms with van der Waals surface area (Å²) in [6.07, 6.45) is 0.806. The van der Waals surface area contributed by atoms with Crippen molar-refractivity contribution in [3.63, 3.8) is 0 Å². The van der Waals surface area contributed by atoms with Crippen LogP contribution in [0.2, 0.25) is 0 Å². The highest BCUT2D eigenvalue weighted by molar-refractivity contribution is 5.78. The van der Waals surface area contributed by atoms with E-state index in [1.807, 2.05) is 42.2 Å². The van der Waals surface area contributed by atoms with E-state index in [2.05, 4.69) is 5.32 Å². The average molecular weight is 290 g/mol. The maximum absolute atomic E-state index is 11.9. The van der Waals surface area contributed by atoms with Crippen LogP contribution in [0.1, 0.15) is 12.5 Å². The van der Waals surface area contributed by atoms with Gasteiger partial charge in [-0.3, -0.25) is 14.5 Å². The number of benzene rings is 1. The molecule has 5 nitrogen and oxygen atoms in total. The molecule has 2 N–H and O–H groups in total. The lowest BCUT2D eigenvalue weighted by Gasteiger charge is -2.14. The van der Waals surface area contributed by atoms with Gasteiger partial charge in [0.1, 0.15) is 0 Å². The van der Waals surface area contributed by atoms with E-state index < -0.39 is 5.97 Å². The largest absolute Gasteiger partial charge is 0.481 e. The molecule has 1 heterocycles. The lowest BCUT2D eigenvalue weighted by molar-refractivity contribution is -0.142. The fourth-order valence-electron chi connectivity index (χ4n) is 2.77. The van der Waals surface area contributed by atoms with Gasteiger partial charge in [-0.2, -0.15) is 0 Å². The molecule has 1 amide bonds. The number of carbonyl (C=O) groups is 2. The Balaban J connectivity index is 1.69.